The summed E-state index contributed by atoms with van der Waals surface area (Å²) in [5.41, 5.74) is 2.41. The second-order valence-corrected chi connectivity index (χ2v) is 9.47. The van der Waals surface area contributed by atoms with E-state index in [0.717, 1.165) is 35.9 Å². The van der Waals surface area contributed by atoms with Crippen LogP contribution in [0.2, 0.25) is 0 Å². The number of rotatable bonds is 7. The number of nitrogens with zero attached hydrogens (tertiary/aromatic N) is 1. The highest BCUT2D eigenvalue weighted by molar-refractivity contribution is 7.18. The molecule has 2 heterocycles. The largest absolute Gasteiger partial charge is 0.347 e. The summed E-state index contributed by atoms with van der Waals surface area (Å²) in [4.78, 5) is 27.5. The molecule has 2 aromatic rings. The minimum Gasteiger partial charge on any atom is -0.347 e. The lowest BCUT2D eigenvalue weighted by Crippen LogP contribution is -2.32. The Balaban J connectivity index is 1.28. The lowest BCUT2D eigenvalue weighted by atomic mass is 9.98. The van der Waals surface area contributed by atoms with Crippen molar-refractivity contribution < 1.29 is 9.59 Å². The van der Waals surface area contributed by atoms with Crippen LogP contribution >= 0.6 is 11.3 Å². The Bertz CT molecular complexity index is 867. The Morgan fingerprint density at radius 2 is 1.83 bits per heavy atom. The van der Waals surface area contributed by atoms with Gasteiger partial charge in [0, 0.05) is 19.0 Å². The molecule has 2 N–H and O–H groups in total. The predicted octanol–water partition coefficient (Wildman–Crippen LogP) is 4.26. The number of thiophene rings is 1. The number of nitrogens with one attached hydrogen (secondary N) is 2. The molecule has 1 saturated heterocycles. The first-order valence-electron chi connectivity index (χ1n) is 10.6. The third-order valence-corrected chi connectivity index (χ3v) is 6.75. The van der Waals surface area contributed by atoms with E-state index in [1.54, 1.807) is 12.1 Å². The molecule has 0 bridgehead atoms. The summed E-state index contributed by atoms with van der Waals surface area (Å²) >= 11 is 1.33. The number of carbonyl (C=O) groups excluding carboxylic acids is 2. The smallest absolute Gasteiger partial charge is 0.261 e. The maximum atomic E-state index is 12.5. The van der Waals surface area contributed by atoms with Crippen LogP contribution in [0.5, 0.6) is 0 Å². The van der Waals surface area contributed by atoms with Crippen molar-refractivity contribution in [2.75, 3.05) is 18.4 Å². The Labute approximate surface area is 176 Å². The van der Waals surface area contributed by atoms with Gasteiger partial charge in [-0.3, -0.25) is 14.5 Å². The number of anilines is 1. The fraction of sp³-hybridized carbons (Fsp3) is 0.478. The normalized spacial score (nSPS) is 17.8. The maximum absolute atomic E-state index is 12.5. The van der Waals surface area contributed by atoms with Gasteiger partial charge in [0.05, 0.1) is 9.88 Å². The average Bonchev–Trinajstić information content (AvgIpc) is 3.48. The van der Waals surface area contributed by atoms with Crippen molar-refractivity contribution in [3.8, 4) is 0 Å². The predicted molar refractivity (Wildman–Crippen MR) is 117 cm³/mol. The zero-order chi connectivity index (χ0) is 20.2. The third-order valence-electron chi connectivity index (χ3n) is 5.75. The zero-order valence-electron chi connectivity index (χ0n) is 16.9. The standard InChI is InChI=1S/C23H29N3O2S/c1-16-9-11-26(12-10-16)15-18-4-2-3-17(13-18)14-24-23(28)20-7-8-21(29-20)25-22(27)19-5-6-19/h2-4,7-8,13,16,19H,5-6,9-12,14-15H2,1H3,(H,24,28)(H,25,27). The quantitative estimate of drug-likeness (QED) is 0.716. The average molecular weight is 412 g/mol. The number of carbonyl (C=O) groups is 2. The van der Waals surface area contributed by atoms with Crippen LogP contribution in [0.3, 0.4) is 0 Å². The molecule has 1 aromatic carbocycles. The van der Waals surface area contributed by atoms with Gasteiger partial charge in [0.1, 0.15) is 0 Å². The molecule has 6 heteroatoms. The molecule has 154 valence electrons. The highest BCUT2D eigenvalue weighted by Gasteiger charge is 2.29. The number of hydrogen-bond acceptors (Lipinski definition) is 4. The number of hydrogen-bond donors (Lipinski definition) is 2. The van der Waals surface area contributed by atoms with Crippen molar-refractivity contribution in [1.29, 1.82) is 0 Å². The molecular formula is C23H29N3O2S. The van der Waals surface area contributed by atoms with Crippen molar-refractivity contribution in [2.24, 2.45) is 11.8 Å². The zero-order valence-corrected chi connectivity index (χ0v) is 17.8. The molecule has 1 saturated carbocycles. The second kappa shape index (κ2) is 9.09. The van der Waals surface area contributed by atoms with Gasteiger partial charge in [0.2, 0.25) is 5.91 Å². The van der Waals surface area contributed by atoms with Gasteiger partial charge in [-0.25, -0.2) is 0 Å². The minimum absolute atomic E-state index is 0.0683. The molecule has 5 nitrogen and oxygen atoms in total. The van der Waals surface area contributed by atoms with Crippen LogP contribution in [-0.2, 0) is 17.9 Å². The summed E-state index contributed by atoms with van der Waals surface area (Å²) in [5.74, 6) is 0.971. The van der Waals surface area contributed by atoms with Gasteiger partial charge in [0.25, 0.3) is 5.91 Å². The molecule has 0 atom stereocenters. The van der Waals surface area contributed by atoms with E-state index in [-0.39, 0.29) is 17.7 Å². The fourth-order valence-electron chi connectivity index (χ4n) is 3.68. The van der Waals surface area contributed by atoms with E-state index in [0.29, 0.717) is 11.4 Å². The van der Waals surface area contributed by atoms with Crippen molar-refractivity contribution in [2.45, 2.75) is 45.7 Å². The highest BCUT2D eigenvalue weighted by Crippen LogP contribution is 2.31. The van der Waals surface area contributed by atoms with Crippen LogP contribution in [0.1, 0.15) is 53.4 Å². The molecule has 4 rings (SSSR count). The number of piperidine rings is 1. The van der Waals surface area contributed by atoms with Crippen molar-refractivity contribution in [1.82, 2.24) is 10.2 Å². The van der Waals surface area contributed by atoms with E-state index in [9.17, 15) is 9.59 Å². The topological polar surface area (TPSA) is 61.4 Å². The summed E-state index contributed by atoms with van der Waals surface area (Å²) in [6, 6.07) is 12.1. The van der Waals surface area contributed by atoms with E-state index in [4.69, 9.17) is 0 Å². The summed E-state index contributed by atoms with van der Waals surface area (Å²) in [6.07, 6.45) is 4.50. The Morgan fingerprint density at radius 1 is 1.07 bits per heavy atom. The first-order valence-corrected chi connectivity index (χ1v) is 11.4. The highest BCUT2D eigenvalue weighted by atomic mass is 32.1. The number of amides is 2. The van der Waals surface area contributed by atoms with Crippen molar-refractivity contribution in [3.63, 3.8) is 0 Å². The Hall–Kier alpha value is -2.18. The van der Waals surface area contributed by atoms with E-state index in [2.05, 4.69) is 46.7 Å². The fourth-order valence-corrected chi connectivity index (χ4v) is 4.51. The van der Waals surface area contributed by atoms with E-state index < -0.39 is 0 Å². The molecule has 2 fully saturated rings. The minimum atomic E-state index is -0.0997. The molecule has 1 aliphatic heterocycles. The van der Waals surface area contributed by atoms with Crippen molar-refractivity contribution >= 4 is 28.2 Å². The monoisotopic (exact) mass is 411 g/mol. The lowest BCUT2D eigenvalue weighted by molar-refractivity contribution is -0.117. The molecule has 1 aromatic heterocycles. The van der Waals surface area contributed by atoms with E-state index in [1.165, 1.54) is 42.8 Å². The van der Waals surface area contributed by atoms with Gasteiger partial charge in [-0.1, -0.05) is 31.2 Å². The summed E-state index contributed by atoms with van der Waals surface area (Å²) < 4.78 is 0. The third kappa shape index (κ3) is 5.67. The molecule has 0 unspecified atom stereocenters. The number of benzene rings is 1. The van der Waals surface area contributed by atoms with Gasteiger partial charge in [-0.15, -0.1) is 11.3 Å². The maximum Gasteiger partial charge on any atom is 0.261 e. The summed E-state index contributed by atoms with van der Waals surface area (Å²) in [6.45, 7) is 6.15. The molecular weight excluding hydrogens is 382 g/mol. The first kappa shape index (κ1) is 20.1. The molecule has 0 spiro atoms. The van der Waals surface area contributed by atoms with Gasteiger partial charge in [-0.2, -0.15) is 0 Å². The summed E-state index contributed by atoms with van der Waals surface area (Å²) in [7, 11) is 0. The first-order chi connectivity index (χ1) is 14.1. The molecule has 29 heavy (non-hydrogen) atoms. The Morgan fingerprint density at radius 3 is 2.59 bits per heavy atom. The molecule has 0 radical (unpaired) electrons. The van der Waals surface area contributed by atoms with Gasteiger partial charge < -0.3 is 10.6 Å². The Kier molecular flexibility index (Phi) is 6.31. The van der Waals surface area contributed by atoms with Crippen molar-refractivity contribution in [3.05, 3.63) is 52.4 Å². The summed E-state index contributed by atoms with van der Waals surface area (Å²) in [5, 5.41) is 6.64. The molecule has 2 amide bonds. The van der Waals surface area contributed by atoms with Gasteiger partial charge in [-0.05, 0) is 68.0 Å². The van der Waals surface area contributed by atoms with Crippen LogP contribution in [0, 0.1) is 11.8 Å². The van der Waals surface area contributed by atoms with Crippen LogP contribution in [0.25, 0.3) is 0 Å². The van der Waals surface area contributed by atoms with Gasteiger partial charge >= 0.3 is 0 Å². The molecule has 2 aliphatic rings. The second-order valence-electron chi connectivity index (χ2n) is 8.39. The molecule has 1 aliphatic carbocycles. The van der Waals surface area contributed by atoms with Crippen LogP contribution in [0.15, 0.2) is 36.4 Å². The van der Waals surface area contributed by atoms with Crippen LogP contribution in [0.4, 0.5) is 5.00 Å². The SMILES string of the molecule is CC1CCN(Cc2cccc(CNC(=O)c3ccc(NC(=O)C4CC4)s3)c2)CC1. The van der Waals surface area contributed by atoms with Gasteiger partial charge in [0.15, 0.2) is 0 Å². The van der Waals surface area contributed by atoms with Crippen LogP contribution < -0.4 is 10.6 Å². The van der Waals surface area contributed by atoms with E-state index in [1.807, 2.05) is 0 Å². The lowest BCUT2D eigenvalue weighted by Gasteiger charge is -2.30. The van der Waals surface area contributed by atoms with E-state index >= 15 is 0 Å². The number of likely N-dealkylation sites (tertiary alicyclic amines) is 1. The van der Waals surface area contributed by atoms with Crippen LogP contribution in [-0.4, -0.2) is 29.8 Å².